The van der Waals surface area contributed by atoms with E-state index in [0.717, 1.165) is 19.5 Å². The molecule has 0 spiro atoms. The second-order valence-electron chi connectivity index (χ2n) is 7.22. The van der Waals surface area contributed by atoms with Gasteiger partial charge in [-0.2, -0.15) is 0 Å². The summed E-state index contributed by atoms with van der Waals surface area (Å²) in [6.45, 7) is 6.93. The van der Waals surface area contributed by atoms with E-state index in [0.29, 0.717) is 18.0 Å². The molecule has 0 saturated heterocycles. The molecule has 0 saturated carbocycles. The second-order valence-corrected chi connectivity index (χ2v) is 7.22. The van der Waals surface area contributed by atoms with Gasteiger partial charge in [0.15, 0.2) is 0 Å². The number of nitrogens with zero attached hydrogens (tertiary/aromatic N) is 3. The maximum atomic E-state index is 12.8. The first-order valence-electron chi connectivity index (χ1n) is 8.92. The molecule has 0 aliphatic carbocycles. The van der Waals surface area contributed by atoms with Gasteiger partial charge in [-0.1, -0.05) is 26.0 Å². The van der Waals surface area contributed by atoms with Gasteiger partial charge < -0.3 is 9.47 Å². The molecule has 0 unspecified atom stereocenters. The maximum absolute atomic E-state index is 12.8. The molecule has 3 heterocycles. The average Bonchev–Trinajstić information content (AvgIpc) is 2.85. The number of hydrogen-bond acceptors (Lipinski definition) is 2. The highest BCUT2D eigenvalue weighted by Gasteiger charge is 2.23. The van der Waals surface area contributed by atoms with Crippen LogP contribution < -0.4 is 0 Å². The van der Waals surface area contributed by atoms with Crippen molar-refractivity contribution in [3.63, 3.8) is 0 Å². The van der Waals surface area contributed by atoms with E-state index in [2.05, 4.69) is 47.8 Å². The van der Waals surface area contributed by atoms with E-state index < -0.39 is 0 Å². The number of carbonyl (C=O) groups excluding carboxylic acids is 1. The summed E-state index contributed by atoms with van der Waals surface area (Å²) < 4.78 is 2.37. The Morgan fingerprint density at radius 3 is 2.72 bits per heavy atom. The van der Waals surface area contributed by atoms with Crippen LogP contribution in [0, 0.1) is 5.92 Å². The largest absolute Gasteiger partial charge is 0.347 e. The quantitative estimate of drug-likeness (QED) is 0.729. The molecule has 0 N–H and O–H groups in total. The van der Waals surface area contributed by atoms with E-state index in [1.165, 1.54) is 22.0 Å². The van der Waals surface area contributed by atoms with E-state index >= 15 is 0 Å². The molecule has 0 atom stereocenters. The standard InChI is InChI=1S/C21H23N3O/c1-15(2)12-24-14-18-8-11-23(21(25)16-6-9-22-10-7-16)13-17-4-3-5-19(24)20(17)18/h3-7,9-10,14-15H,8,11-13H2,1-2H3. The molecule has 1 amide bonds. The summed E-state index contributed by atoms with van der Waals surface area (Å²) in [7, 11) is 0. The Bertz CT molecular complexity index is 912. The lowest BCUT2D eigenvalue weighted by Crippen LogP contribution is -2.31. The van der Waals surface area contributed by atoms with Gasteiger partial charge in [0.25, 0.3) is 5.91 Å². The normalized spacial score (nSPS) is 14.1. The smallest absolute Gasteiger partial charge is 0.254 e. The minimum absolute atomic E-state index is 0.0830. The number of aromatic nitrogens is 2. The number of hydrogen-bond donors (Lipinski definition) is 0. The van der Waals surface area contributed by atoms with Crippen LogP contribution in [0.15, 0.2) is 48.9 Å². The Labute approximate surface area is 148 Å². The topological polar surface area (TPSA) is 38.1 Å². The van der Waals surface area contributed by atoms with Crippen molar-refractivity contribution in [1.29, 1.82) is 0 Å². The molecule has 1 aromatic carbocycles. The van der Waals surface area contributed by atoms with E-state index in [1.54, 1.807) is 24.5 Å². The molecular formula is C21H23N3O. The minimum atomic E-state index is 0.0830. The lowest BCUT2D eigenvalue weighted by atomic mass is 10.1. The molecule has 3 aromatic rings. The lowest BCUT2D eigenvalue weighted by Gasteiger charge is -2.21. The third-order valence-electron chi connectivity index (χ3n) is 4.86. The summed E-state index contributed by atoms with van der Waals surface area (Å²) in [4.78, 5) is 18.8. The maximum Gasteiger partial charge on any atom is 0.254 e. The fraction of sp³-hybridized carbons (Fsp3) is 0.333. The molecule has 4 nitrogen and oxygen atoms in total. The minimum Gasteiger partial charge on any atom is -0.347 e. The van der Waals surface area contributed by atoms with E-state index in [-0.39, 0.29) is 5.91 Å². The van der Waals surface area contributed by atoms with Crippen molar-refractivity contribution in [2.45, 2.75) is 33.4 Å². The molecule has 2 aromatic heterocycles. The number of benzene rings is 1. The second kappa shape index (κ2) is 6.36. The summed E-state index contributed by atoms with van der Waals surface area (Å²) in [6.07, 6.45) is 6.54. The zero-order valence-corrected chi connectivity index (χ0v) is 14.8. The lowest BCUT2D eigenvalue weighted by molar-refractivity contribution is 0.0747. The van der Waals surface area contributed by atoms with Crippen LogP contribution in [0.2, 0.25) is 0 Å². The van der Waals surface area contributed by atoms with Gasteiger partial charge in [-0.05, 0) is 41.7 Å². The van der Waals surface area contributed by atoms with Crippen LogP contribution in [0.5, 0.6) is 0 Å². The highest BCUT2D eigenvalue weighted by Crippen LogP contribution is 2.30. The van der Waals surface area contributed by atoms with Crippen LogP contribution >= 0.6 is 0 Å². The van der Waals surface area contributed by atoms with Crippen LogP contribution in [-0.2, 0) is 19.5 Å². The van der Waals surface area contributed by atoms with E-state index in [9.17, 15) is 4.79 Å². The SMILES string of the molecule is CC(C)Cn1cc2c3c(cccc31)CN(C(=O)c1ccncc1)CC2. The summed E-state index contributed by atoms with van der Waals surface area (Å²) in [6, 6.07) is 10.0. The number of rotatable bonds is 3. The fourth-order valence-corrected chi connectivity index (χ4v) is 3.78. The number of carbonyl (C=O) groups is 1. The highest BCUT2D eigenvalue weighted by atomic mass is 16.2. The van der Waals surface area contributed by atoms with Crippen molar-refractivity contribution in [2.24, 2.45) is 5.92 Å². The molecule has 1 aliphatic heterocycles. The first-order chi connectivity index (χ1) is 12.1. The monoisotopic (exact) mass is 333 g/mol. The van der Waals surface area contributed by atoms with Crippen molar-refractivity contribution in [1.82, 2.24) is 14.5 Å². The Hall–Kier alpha value is -2.62. The predicted molar refractivity (Wildman–Crippen MR) is 99.5 cm³/mol. The summed E-state index contributed by atoms with van der Waals surface area (Å²) in [5.41, 5.74) is 4.60. The van der Waals surface area contributed by atoms with Crippen LogP contribution in [0.4, 0.5) is 0 Å². The predicted octanol–water partition coefficient (Wildman–Crippen LogP) is 3.89. The van der Waals surface area contributed by atoms with Gasteiger partial charge in [0.05, 0.1) is 0 Å². The van der Waals surface area contributed by atoms with E-state index in [4.69, 9.17) is 0 Å². The van der Waals surface area contributed by atoms with Gasteiger partial charge >= 0.3 is 0 Å². The Balaban J connectivity index is 1.70. The zero-order valence-electron chi connectivity index (χ0n) is 14.8. The Morgan fingerprint density at radius 2 is 1.96 bits per heavy atom. The van der Waals surface area contributed by atoms with E-state index in [1.807, 2.05) is 4.90 Å². The van der Waals surface area contributed by atoms with Crippen molar-refractivity contribution in [3.8, 4) is 0 Å². The Morgan fingerprint density at radius 1 is 1.16 bits per heavy atom. The molecule has 0 bridgehead atoms. The number of amides is 1. The van der Waals surface area contributed by atoms with Crippen LogP contribution in [-0.4, -0.2) is 26.9 Å². The van der Waals surface area contributed by atoms with Crippen molar-refractivity contribution < 1.29 is 4.79 Å². The molecular weight excluding hydrogens is 310 g/mol. The molecule has 4 rings (SSSR count). The van der Waals surface area contributed by atoms with Gasteiger partial charge in [-0.3, -0.25) is 9.78 Å². The number of pyridine rings is 1. The van der Waals surface area contributed by atoms with Gasteiger partial charge in [0, 0.05) is 54.7 Å². The highest BCUT2D eigenvalue weighted by molar-refractivity contribution is 5.95. The van der Waals surface area contributed by atoms with Crippen molar-refractivity contribution in [3.05, 3.63) is 65.6 Å². The Kier molecular flexibility index (Phi) is 4.04. The fourth-order valence-electron chi connectivity index (χ4n) is 3.78. The van der Waals surface area contributed by atoms with Crippen LogP contribution in [0.1, 0.15) is 35.3 Å². The van der Waals surface area contributed by atoms with Gasteiger partial charge in [0.1, 0.15) is 0 Å². The molecule has 128 valence electrons. The molecule has 4 heteroatoms. The first-order valence-corrected chi connectivity index (χ1v) is 8.92. The summed E-state index contributed by atoms with van der Waals surface area (Å²) in [5.74, 6) is 0.694. The average molecular weight is 333 g/mol. The molecule has 0 radical (unpaired) electrons. The first kappa shape index (κ1) is 15.9. The van der Waals surface area contributed by atoms with Gasteiger partial charge in [-0.25, -0.2) is 0 Å². The van der Waals surface area contributed by atoms with Crippen molar-refractivity contribution >= 4 is 16.8 Å². The summed E-state index contributed by atoms with van der Waals surface area (Å²) >= 11 is 0. The third kappa shape index (κ3) is 2.93. The zero-order chi connectivity index (χ0) is 17.4. The van der Waals surface area contributed by atoms with Gasteiger partial charge in [-0.15, -0.1) is 0 Å². The van der Waals surface area contributed by atoms with Gasteiger partial charge in [0.2, 0.25) is 0 Å². The van der Waals surface area contributed by atoms with Crippen LogP contribution in [0.25, 0.3) is 10.9 Å². The van der Waals surface area contributed by atoms with Crippen molar-refractivity contribution in [2.75, 3.05) is 6.54 Å². The molecule has 25 heavy (non-hydrogen) atoms. The summed E-state index contributed by atoms with van der Waals surface area (Å²) in [5, 5.41) is 1.34. The molecule has 0 fully saturated rings. The van der Waals surface area contributed by atoms with Crippen LogP contribution in [0.3, 0.4) is 0 Å². The third-order valence-corrected chi connectivity index (χ3v) is 4.86. The molecule has 1 aliphatic rings.